The summed E-state index contributed by atoms with van der Waals surface area (Å²) in [6.07, 6.45) is 1.67. The number of likely N-dealkylation sites (tertiary alicyclic amines) is 1. The van der Waals surface area contributed by atoms with Crippen molar-refractivity contribution < 1.29 is 27.4 Å². The molecule has 38 heavy (non-hydrogen) atoms. The van der Waals surface area contributed by atoms with Crippen molar-refractivity contribution >= 4 is 28.6 Å². The lowest BCUT2D eigenvalue weighted by Crippen LogP contribution is -2.60. The number of rotatable bonds is 11. The normalized spacial score (nSPS) is 18.6. The number of hydrogen-bond acceptors (Lipinski definition) is 8. The van der Waals surface area contributed by atoms with E-state index >= 15 is 0 Å². The molecule has 1 fully saturated rings. The quantitative estimate of drug-likeness (QED) is 0.154. The van der Waals surface area contributed by atoms with Gasteiger partial charge in [-0.25, -0.2) is 24.2 Å². The van der Waals surface area contributed by atoms with Crippen LogP contribution in [0.3, 0.4) is 0 Å². The predicted octanol–water partition coefficient (Wildman–Crippen LogP) is 0.644. The first-order chi connectivity index (χ1) is 18.2. The summed E-state index contributed by atoms with van der Waals surface area (Å²) in [6.45, 7) is 1.98. The number of halogens is 1. The lowest BCUT2D eigenvalue weighted by atomic mass is 10.0. The first-order valence-electron chi connectivity index (χ1n) is 11.6. The van der Waals surface area contributed by atoms with Gasteiger partial charge >= 0.3 is 0 Å². The van der Waals surface area contributed by atoms with Crippen molar-refractivity contribution in [3.8, 4) is 0 Å². The summed E-state index contributed by atoms with van der Waals surface area (Å²) in [4.78, 5) is 37.7. The molecule has 1 aliphatic rings. The second kappa shape index (κ2) is 13.6. The van der Waals surface area contributed by atoms with Crippen LogP contribution in [0.5, 0.6) is 0 Å². The molecule has 1 aromatic carbocycles. The molecule has 3 rings (SSSR count). The smallest absolute Gasteiger partial charge is 0.276 e. The Morgan fingerprint density at radius 2 is 2.11 bits per heavy atom. The van der Waals surface area contributed by atoms with E-state index in [1.807, 2.05) is 0 Å². The van der Waals surface area contributed by atoms with E-state index in [4.69, 9.17) is 14.8 Å². The van der Waals surface area contributed by atoms with Gasteiger partial charge in [-0.1, -0.05) is 18.2 Å². The molecule has 3 unspecified atom stereocenters. The van der Waals surface area contributed by atoms with Gasteiger partial charge in [0, 0.05) is 24.9 Å². The van der Waals surface area contributed by atoms with Crippen molar-refractivity contribution in [3.05, 3.63) is 74.4 Å². The lowest BCUT2D eigenvalue weighted by molar-refractivity contribution is -0.486. The Balaban J connectivity index is 1.63. The maximum atomic E-state index is 13.7. The summed E-state index contributed by atoms with van der Waals surface area (Å²) in [5.74, 6) is -1.62. The molecule has 2 heterocycles. The van der Waals surface area contributed by atoms with Crippen LogP contribution >= 0.6 is 0 Å². The summed E-state index contributed by atoms with van der Waals surface area (Å²) >= 11 is -1.99. The van der Waals surface area contributed by atoms with Gasteiger partial charge in [-0.2, -0.15) is 4.28 Å². The third kappa shape index (κ3) is 7.80. The highest BCUT2D eigenvalue weighted by molar-refractivity contribution is 7.79. The average molecular weight is 554 g/mol. The van der Waals surface area contributed by atoms with Crippen molar-refractivity contribution in [3.63, 3.8) is 0 Å². The number of anilines is 1. The van der Waals surface area contributed by atoms with E-state index in [0.29, 0.717) is 19.4 Å². The fourth-order valence-electron chi connectivity index (χ4n) is 3.88. The zero-order chi connectivity index (χ0) is 27.7. The second-order valence-corrected chi connectivity index (χ2v) is 9.19. The van der Waals surface area contributed by atoms with Crippen molar-refractivity contribution in [2.24, 2.45) is 10.8 Å². The first-order valence-corrected chi connectivity index (χ1v) is 12.8. The lowest BCUT2D eigenvalue weighted by Gasteiger charge is -2.40. The molecule has 0 radical (unpaired) electrons. The molecule has 16 heteroatoms. The van der Waals surface area contributed by atoms with Gasteiger partial charge in [-0.05, 0) is 38.0 Å². The van der Waals surface area contributed by atoms with Crippen molar-refractivity contribution in [1.29, 1.82) is 0 Å². The van der Waals surface area contributed by atoms with E-state index in [0.717, 1.165) is 4.57 Å². The van der Waals surface area contributed by atoms with E-state index in [1.165, 1.54) is 41.4 Å². The minimum atomic E-state index is -1.99. The number of carbonyl (C=O) groups is 1. The summed E-state index contributed by atoms with van der Waals surface area (Å²) in [5.41, 5.74) is 7.55. The third-order valence-corrected chi connectivity index (χ3v) is 6.35. The molecule has 2 aromatic rings. The van der Waals surface area contributed by atoms with Gasteiger partial charge in [0.1, 0.15) is 23.2 Å². The van der Waals surface area contributed by atoms with E-state index in [-0.39, 0.29) is 36.1 Å². The molecule has 206 valence electrons. The van der Waals surface area contributed by atoms with Crippen LogP contribution in [0.1, 0.15) is 25.3 Å². The molecular weight excluding hydrogens is 525 g/mol. The molecule has 0 saturated carbocycles. The number of guanidine groups is 1. The number of nitrogens with two attached hydrogens (primary N) is 1. The molecule has 3 atom stereocenters. The molecule has 0 aliphatic carbocycles. The molecule has 4 N–H and O–H groups in total. The molecule has 1 saturated heterocycles. The maximum absolute atomic E-state index is 13.7. The topological polar surface area (TPSA) is 183 Å². The Bertz CT molecular complexity index is 1260. The number of pyridine rings is 1. The number of hydrogen-bond donors (Lipinski definition) is 3. The number of piperidine rings is 1. The highest BCUT2D eigenvalue weighted by Crippen LogP contribution is 2.19. The summed E-state index contributed by atoms with van der Waals surface area (Å²) < 4.78 is 37.7. The van der Waals surface area contributed by atoms with E-state index in [1.54, 1.807) is 13.0 Å². The van der Waals surface area contributed by atoms with Gasteiger partial charge < -0.3 is 25.3 Å². The van der Waals surface area contributed by atoms with Gasteiger partial charge in [-0.15, -0.1) is 0 Å². The fourth-order valence-corrected chi connectivity index (χ4v) is 4.61. The number of ether oxygens (including phenoxy) is 1. The van der Waals surface area contributed by atoms with Gasteiger partial charge in [0.25, 0.3) is 11.5 Å². The molecule has 14 nitrogen and oxygen atoms in total. The van der Waals surface area contributed by atoms with Gasteiger partial charge in [-0.3, -0.25) is 9.59 Å². The fraction of sp³-hybridized carbons (Fsp3) is 0.409. The van der Waals surface area contributed by atoms with Crippen LogP contribution < -0.4 is 22.1 Å². The van der Waals surface area contributed by atoms with Crippen molar-refractivity contribution in [1.82, 2.24) is 14.8 Å². The number of amides is 1. The van der Waals surface area contributed by atoms with Gasteiger partial charge in [0.15, 0.2) is 22.3 Å². The first kappa shape index (κ1) is 28.7. The van der Waals surface area contributed by atoms with Crippen molar-refractivity contribution in [2.45, 2.75) is 44.3 Å². The molecule has 1 aliphatic heterocycles. The second-order valence-electron chi connectivity index (χ2n) is 8.13. The van der Waals surface area contributed by atoms with Crippen LogP contribution in [0.25, 0.3) is 0 Å². The van der Waals surface area contributed by atoms with Crippen LogP contribution in [0.15, 0.2) is 52.5 Å². The third-order valence-electron chi connectivity index (χ3n) is 5.54. The van der Waals surface area contributed by atoms with Crippen LogP contribution in [0.4, 0.5) is 10.1 Å². The van der Waals surface area contributed by atoms with Crippen LogP contribution in [0.2, 0.25) is 0 Å². The van der Waals surface area contributed by atoms with Gasteiger partial charge in [0.2, 0.25) is 5.91 Å². The molecule has 0 bridgehead atoms. The Hall–Kier alpha value is -3.89. The highest BCUT2D eigenvalue weighted by atomic mass is 32.2. The Labute approximate surface area is 219 Å². The monoisotopic (exact) mass is 553 g/mol. The summed E-state index contributed by atoms with van der Waals surface area (Å²) in [6, 6.07) is 8.09. The van der Waals surface area contributed by atoms with Crippen LogP contribution in [-0.4, -0.2) is 56.0 Å². The number of benzene rings is 1. The number of hydrazone groups is 1. The average Bonchev–Trinajstić information content (AvgIpc) is 2.86. The number of nitro groups is 1. The standard InChI is InChI=1S/C22H28FN7O7S/c1-2-36-21-18(10-6-12-29(21)22(24)26-30(33)34)25-19(31)13-28-11-5-9-17(20(28)32)27-37-38(35)14-15-7-3-4-8-16(15)23/h3-5,7-9,11,18,21,27H,2,6,10,12-14H2,1H3,(H2,24,26)(H,25,31). The summed E-state index contributed by atoms with van der Waals surface area (Å²) in [5, 5.41) is 15.8. The number of aromatic nitrogens is 1. The zero-order valence-electron chi connectivity index (χ0n) is 20.4. The zero-order valence-corrected chi connectivity index (χ0v) is 21.3. The number of nitrogens with zero attached hydrogens (tertiary/aromatic N) is 4. The van der Waals surface area contributed by atoms with E-state index in [9.17, 15) is 28.3 Å². The molecule has 1 aromatic heterocycles. The Morgan fingerprint density at radius 1 is 1.34 bits per heavy atom. The minimum Gasteiger partial charge on any atom is -0.364 e. The van der Waals surface area contributed by atoms with E-state index in [2.05, 4.69) is 15.9 Å². The Morgan fingerprint density at radius 3 is 2.82 bits per heavy atom. The Kier molecular flexibility index (Phi) is 10.3. The van der Waals surface area contributed by atoms with Crippen LogP contribution in [0, 0.1) is 15.9 Å². The molecule has 1 amide bonds. The number of nitrogens with one attached hydrogen (secondary N) is 2. The highest BCUT2D eigenvalue weighted by Gasteiger charge is 2.35. The van der Waals surface area contributed by atoms with Gasteiger partial charge in [0.05, 0.1) is 11.8 Å². The molecule has 0 spiro atoms. The maximum Gasteiger partial charge on any atom is 0.276 e. The predicted molar refractivity (Wildman–Crippen MR) is 136 cm³/mol. The van der Waals surface area contributed by atoms with Crippen molar-refractivity contribution in [2.75, 3.05) is 18.6 Å². The number of carbonyl (C=O) groups excluding carboxylic acids is 1. The SMILES string of the molecule is CCOC1C(NC(=O)Cn2cccc(NOS(=O)Cc3ccccc3F)c2=O)CCCN1/C(N)=N/[N+](=O)[O-]. The molecular formula is C22H28FN7O7S. The summed E-state index contributed by atoms with van der Waals surface area (Å²) in [7, 11) is 0. The van der Waals surface area contributed by atoms with E-state index < -0.39 is 45.7 Å². The van der Waals surface area contributed by atoms with Crippen LogP contribution in [-0.2, 0) is 37.2 Å². The largest absolute Gasteiger partial charge is 0.364 e. The minimum absolute atomic E-state index is 0.0815.